The molecule has 1 fully saturated rings. The molecule has 0 aromatic heterocycles. The van der Waals surface area contributed by atoms with Gasteiger partial charge in [0, 0.05) is 11.1 Å². The molecular weight excluding hydrogens is 429 g/mol. The number of benzene rings is 3. The maximum atomic E-state index is 12.7. The van der Waals surface area contributed by atoms with Gasteiger partial charge in [-0.25, -0.2) is 0 Å². The van der Waals surface area contributed by atoms with E-state index in [1.165, 1.54) is 55.4 Å². The third kappa shape index (κ3) is 6.20. The van der Waals surface area contributed by atoms with Crippen LogP contribution in [0.25, 0.3) is 11.1 Å². The molecular formula is C31H29F3. The van der Waals surface area contributed by atoms with Gasteiger partial charge in [-0.2, -0.15) is 13.2 Å². The SMILES string of the molecule is C=CCC[C@H]1CC[C@H](c2ccc(-c3ccc(C#Cc4ccc(C(F)(F)F)cc4)cc3)cc2)CC1. The Morgan fingerprint density at radius 3 is 1.74 bits per heavy atom. The van der Waals surface area contributed by atoms with Crippen molar-refractivity contribution in [2.45, 2.75) is 50.6 Å². The van der Waals surface area contributed by atoms with Gasteiger partial charge in [0.1, 0.15) is 0 Å². The average molecular weight is 459 g/mol. The topological polar surface area (TPSA) is 0 Å². The van der Waals surface area contributed by atoms with Gasteiger partial charge in [0.2, 0.25) is 0 Å². The molecule has 0 unspecified atom stereocenters. The highest BCUT2D eigenvalue weighted by atomic mass is 19.4. The van der Waals surface area contributed by atoms with Crippen molar-refractivity contribution in [2.24, 2.45) is 5.92 Å². The van der Waals surface area contributed by atoms with Crippen molar-refractivity contribution in [1.82, 2.24) is 0 Å². The Morgan fingerprint density at radius 1 is 0.735 bits per heavy atom. The lowest BCUT2D eigenvalue weighted by atomic mass is 9.77. The van der Waals surface area contributed by atoms with E-state index in [1.807, 2.05) is 30.3 Å². The molecule has 0 saturated heterocycles. The van der Waals surface area contributed by atoms with Gasteiger partial charge in [0.15, 0.2) is 0 Å². The Labute approximate surface area is 200 Å². The Morgan fingerprint density at radius 2 is 1.24 bits per heavy atom. The Bertz CT molecular complexity index is 1130. The molecule has 1 aliphatic carbocycles. The number of halogens is 3. The summed E-state index contributed by atoms with van der Waals surface area (Å²) >= 11 is 0. The van der Waals surface area contributed by atoms with E-state index in [4.69, 9.17) is 0 Å². The molecule has 1 saturated carbocycles. The van der Waals surface area contributed by atoms with Crippen LogP contribution < -0.4 is 0 Å². The second kappa shape index (κ2) is 10.8. The normalized spacial score (nSPS) is 18.1. The highest BCUT2D eigenvalue weighted by Crippen LogP contribution is 2.38. The molecule has 1 aliphatic rings. The molecule has 0 nitrogen and oxygen atoms in total. The lowest BCUT2D eigenvalue weighted by Gasteiger charge is -2.28. The summed E-state index contributed by atoms with van der Waals surface area (Å²) in [5.74, 6) is 7.48. The maximum absolute atomic E-state index is 12.7. The van der Waals surface area contributed by atoms with Crippen LogP contribution in [0.5, 0.6) is 0 Å². The van der Waals surface area contributed by atoms with Gasteiger partial charge in [0.25, 0.3) is 0 Å². The van der Waals surface area contributed by atoms with E-state index < -0.39 is 11.7 Å². The largest absolute Gasteiger partial charge is 0.416 e. The number of alkyl halides is 3. The van der Waals surface area contributed by atoms with Crippen molar-refractivity contribution in [3.8, 4) is 23.0 Å². The summed E-state index contributed by atoms with van der Waals surface area (Å²) in [6.45, 7) is 3.84. The van der Waals surface area contributed by atoms with Crippen LogP contribution in [0.2, 0.25) is 0 Å². The van der Waals surface area contributed by atoms with Gasteiger partial charge in [-0.05, 0) is 103 Å². The Kier molecular flexibility index (Phi) is 7.58. The fraction of sp³-hybridized carbons (Fsp3) is 0.290. The molecule has 0 amide bonds. The molecule has 0 radical (unpaired) electrons. The highest BCUT2D eigenvalue weighted by molar-refractivity contribution is 5.65. The van der Waals surface area contributed by atoms with Crippen molar-refractivity contribution in [2.75, 3.05) is 0 Å². The zero-order valence-corrected chi connectivity index (χ0v) is 19.2. The fourth-order valence-electron chi connectivity index (χ4n) is 4.72. The highest BCUT2D eigenvalue weighted by Gasteiger charge is 2.29. The molecule has 174 valence electrons. The molecule has 0 atom stereocenters. The zero-order valence-electron chi connectivity index (χ0n) is 19.2. The molecule has 3 heteroatoms. The first kappa shape index (κ1) is 23.9. The lowest BCUT2D eigenvalue weighted by Crippen LogP contribution is -2.13. The van der Waals surface area contributed by atoms with Crippen LogP contribution in [0.1, 0.15) is 66.7 Å². The van der Waals surface area contributed by atoms with E-state index in [-0.39, 0.29) is 0 Å². The van der Waals surface area contributed by atoms with Crippen molar-refractivity contribution in [1.29, 1.82) is 0 Å². The summed E-state index contributed by atoms with van der Waals surface area (Å²) in [4.78, 5) is 0. The van der Waals surface area contributed by atoms with Crippen molar-refractivity contribution in [3.63, 3.8) is 0 Å². The minimum absolute atomic E-state index is 0.558. The fourth-order valence-corrected chi connectivity index (χ4v) is 4.72. The Balaban J connectivity index is 1.36. The minimum Gasteiger partial charge on any atom is -0.166 e. The van der Waals surface area contributed by atoms with Crippen molar-refractivity contribution < 1.29 is 13.2 Å². The number of hydrogen-bond donors (Lipinski definition) is 0. The molecule has 0 N–H and O–H groups in total. The quantitative estimate of drug-likeness (QED) is 0.264. The maximum Gasteiger partial charge on any atom is 0.416 e. The van der Waals surface area contributed by atoms with Crippen molar-refractivity contribution >= 4 is 0 Å². The number of allylic oxidation sites excluding steroid dienone is 1. The van der Waals surface area contributed by atoms with Crippen molar-refractivity contribution in [3.05, 3.63) is 108 Å². The van der Waals surface area contributed by atoms with Crippen LogP contribution in [0, 0.1) is 17.8 Å². The van der Waals surface area contributed by atoms with Crippen LogP contribution >= 0.6 is 0 Å². The first-order valence-electron chi connectivity index (χ1n) is 11.9. The summed E-state index contributed by atoms with van der Waals surface area (Å²) in [5.41, 5.74) is 4.45. The van der Waals surface area contributed by atoms with Gasteiger partial charge < -0.3 is 0 Å². The first-order valence-corrected chi connectivity index (χ1v) is 11.9. The third-order valence-corrected chi connectivity index (χ3v) is 6.79. The summed E-state index contributed by atoms with van der Waals surface area (Å²) in [7, 11) is 0. The summed E-state index contributed by atoms with van der Waals surface area (Å²) < 4.78 is 38.0. The predicted molar refractivity (Wildman–Crippen MR) is 133 cm³/mol. The monoisotopic (exact) mass is 458 g/mol. The van der Waals surface area contributed by atoms with Crippen LogP contribution in [-0.2, 0) is 6.18 Å². The third-order valence-electron chi connectivity index (χ3n) is 6.79. The predicted octanol–water partition coefficient (Wildman–Crippen LogP) is 9.01. The minimum atomic E-state index is -4.33. The van der Waals surface area contributed by atoms with E-state index in [0.29, 0.717) is 11.5 Å². The molecule has 3 aromatic carbocycles. The van der Waals surface area contributed by atoms with Gasteiger partial charge in [-0.3, -0.25) is 0 Å². The standard InChI is InChI=1S/C31H29F3/c1-2-3-4-23-7-13-26(14-8-23)28-17-19-29(20-18-28)27-15-9-24(10-16-27)5-6-25-11-21-30(22-12-25)31(32,33)34/h2,9-12,15-23,26H,1,3-4,7-8,13-14H2/t23-,26-. The molecule has 4 rings (SSSR count). The van der Waals surface area contributed by atoms with E-state index in [2.05, 4.69) is 42.7 Å². The average Bonchev–Trinajstić information content (AvgIpc) is 2.87. The van der Waals surface area contributed by atoms with Crippen LogP contribution in [-0.4, -0.2) is 0 Å². The molecule has 0 bridgehead atoms. The number of hydrogen-bond acceptors (Lipinski definition) is 0. The summed E-state index contributed by atoms with van der Waals surface area (Å²) in [6.07, 6.45) is 5.28. The zero-order chi connectivity index (χ0) is 24.0. The van der Waals surface area contributed by atoms with E-state index >= 15 is 0 Å². The molecule has 0 heterocycles. The molecule has 0 spiro atoms. The summed E-state index contributed by atoms with van der Waals surface area (Å²) in [6, 6.07) is 21.8. The van der Waals surface area contributed by atoms with Crippen LogP contribution in [0.15, 0.2) is 85.5 Å². The second-order valence-electron chi connectivity index (χ2n) is 9.11. The second-order valence-corrected chi connectivity index (χ2v) is 9.11. The van der Waals surface area contributed by atoms with E-state index in [9.17, 15) is 13.2 Å². The molecule has 3 aromatic rings. The molecule has 0 aliphatic heterocycles. The van der Waals surface area contributed by atoms with Gasteiger partial charge >= 0.3 is 6.18 Å². The lowest BCUT2D eigenvalue weighted by molar-refractivity contribution is -0.137. The van der Waals surface area contributed by atoms with Crippen LogP contribution in [0.4, 0.5) is 13.2 Å². The first-order chi connectivity index (χ1) is 16.4. The number of rotatable bonds is 5. The van der Waals surface area contributed by atoms with Gasteiger partial charge in [-0.1, -0.05) is 54.3 Å². The van der Waals surface area contributed by atoms with Crippen LogP contribution in [0.3, 0.4) is 0 Å². The summed E-state index contributed by atoms with van der Waals surface area (Å²) in [5, 5.41) is 0. The Hall–Kier alpha value is -3.25. The van der Waals surface area contributed by atoms with Gasteiger partial charge in [-0.15, -0.1) is 6.58 Å². The van der Waals surface area contributed by atoms with Gasteiger partial charge in [0.05, 0.1) is 5.56 Å². The smallest absolute Gasteiger partial charge is 0.166 e. The van der Waals surface area contributed by atoms with E-state index in [0.717, 1.165) is 35.6 Å². The molecule has 34 heavy (non-hydrogen) atoms. The van der Waals surface area contributed by atoms with E-state index in [1.54, 1.807) is 0 Å².